The number of pyridine rings is 1. The normalized spacial score (nSPS) is 12.0. The van der Waals surface area contributed by atoms with Gasteiger partial charge < -0.3 is 4.43 Å². The van der Waals surface area contributed by atoms with E-state index < -0.39 is 8.32 Å². The Bertz CT molecular complexity index is 657. The molecule has 0 N–H and O–H groups in total. The molecule has 22 heavy (non-hydrogen) atoms. The zero-order valence-corrected chi connectivity index (χ0v) is 15.2. The Morgan fingerprint density at radius 1 is 1.09 bits per heavy atom. The van der Waals surface area contributed by atoms with E-state index in [2.05, 4.69) is 63.6 Å². The fraction of sp³-hybridized carbons (Fsp3) is 0.316. The monoisotopic (exact) mass is 311 g/mol. The molecule has 0 aliphatic carbocycles. The zero-order valence-electron chi connectivity index (χ0n) is 14.2. The number of hydrogen-bond acceptors (Lipinski definition) is 2. The van der Waals surface area contributed by atoms with Crippen molar-refractivity contribution in [2.24, 2.45) is 0 Å². The van der Waals surface area contributed by atoms with E-state index in [4.69, 9.17) is 4.43 Å². The maximum atomic E-state index is 6.37. The fourth-order valence-corrected chi connectivity index (χ4v) is 3.05. The summed E-state index contributed by atoms with van der Waals surface area (Å²) in [6, 6.07) is 12.2. The van der Waals surface area contributed by atoms with Crippen LogP contribution in [0.25, 0.3) is 16.9 Å². The van der Waals surface area contributed by atoms with Crippen LogP contribution in [0.3, 0.4) is 0 Å². The van der Waals surface area contributed by atoms with Crippen LogP contribution >= 0.6 is 0 Å². The third-order valence-corrected chi connectivity index (χ3v) is 8.75. The average Bonchev–Trinajstić information content (AvgIpc) is 2.46. The average molecular weight is 312 g/mol. The van der Waals surface area contributed by atoms with Crippen molar-refractivity contribution in [3.63, 3.8) is 0 Å². The van der Waals surface area contributed by atoms with Gasteiger partial charge in [-0.05, 0) is 29.8 Å². The van der Waals surface area contributed by atoms with Crippen LogP contribution in [0.4, 0.5) is 0 Å². The van der Waals surface area contributed by atoms with Crippen LogP contribution in [0.2, 0.25) is 18.1 Å². The Hall–Kier alpha value is -1.87. The van der Waals surface area contributed by atoms with Gasteiger partial charge in [-0.15, -0.1) is 0 Å². The van der Waals surface area contributed by atoms with Crippen molar-refractivity contribution in [2.75, 3.05) is 0 Å². The number of benzene rings is 1. The second-order valence-electron chi connectivity index (χ2n) is 7.07. The van der Waals surface area contributed by atoms with Gasteiger partial charge in [0, 0.05) is 23.5 Å². The van der Waals surface area contributed by atoms with E-state index in [1.165, 1.54) is 0 Å². The minimum atomic E-state index is -1.89. The van der Waals surface area contributed by atoms with Crippen molar-refractivity contribution in [1.29, 1.82) is 0 Å². The third-order valence-electron chi connectivity index (χ3n) is 4.38. The summed E-state index contributed by atoms with van der Waals surface area (Å²) in [6.07, 6.45) is 3.66. The second kappa shape index (κ2) is 6.09. The van der Waals surface area contributed by atoms with E-state index >= 15 is 0 Å². The number of nitrogens with zero attached hydrogens (tertiary/aromatic N) is 1. The Morgan fingerprint density at radius 3 is 2.36 bits per heavy atom. The van der Waals surface area contributed by atoms with Gasteiger partial charge in [-0.1, -0.05) is 57.7 Å². The summed E-state index contributed by atoms with van der Waals surface area (Å²) >= 11 is 0. The predicted octanol–water partition coefficient (Wildman–Crippen LogP) is 5.74. The molecule has 0 unspecified atom stereocenters. The minimum absolute atomic E-state index is 0.152. The van der Waals surface area contributed by atoms with Crippen LogP contribution in [0.1, 0.15) is 26.3 Å². The van der Waals surface area contributed by atoms with Crippen molar-refractivity contribution < 1.29 is 4.43 Å². The molecule has 1 heterocycles. The van der Waals surface area contributed by atoms with Crippen LogP contribution in [-0.2, 0) is 4.43 Å². The molecule has 1 aromatic carbocycles. The van der Waals surface area contributed by atoms with Crippen LogP contribution < -0.4 is 0 Å². The topological polar surface area (TPSA) is 22.1 Å². The summed E-state index contributed by atoms with van der Waals surface area (Å²) in [5, 5.41) is 0.152. The molecule has 2 rings (SSSR count). The quantitative estimate of drug-likeness (QED) is 0.530. The molecule has 0 fully saturated rings. The summed E-state index contributed by atoms with van der Waals surface area (Å²) < 4.78 is 6.37. The first-order valence-electron chi connectivity index (χ1n) is 7.60. The lowest BCUT2D eigenvalue weighted by molar-refractivity contribution is 0.459. The van der Waals surface area contributed by atoms with E-state index in [0.29, 0.717) is 0 Å². The summed E-state index contributed by atoms with van der Waals surface area (Å²) in [6.45, 7) is 15.4. The SMILES string of the molecule is C=C(O[Si](C)(C)C(C)(C)C)c1ccccc1-c1cccnc1. The molecule has 2 aromatic rings. The Balaban J connectivity index is 2.36. The van der Waals surface area contributed by atoms with Gasteiger partial charge in [0.15, 0.2) is 0 Å². The molecular formula is C19H25NOSi. The van der Waals surface area contributed by atoms with Crippen molar-refractivity contribution in [2.45, 2.75) is 38.9 Å². The first-order chi connectivity index (χ1) is 10.2. The molecule has 2 nitrogen and oxygen atoms in total. The van der Waals surface area contributed by atoms with Gasteiger partial charge in [-0.3, -0.25) is 4.98 Å². The standard InChI is InChI=1S/C19H25NOSi/c1-15(21-22(5,6)19(2,3)4)17-11-7-8-12-18(17)16-10-9-13-20-14-16/h7-14H,1H2,2-6H3. The van der Waals surface area contributed by atoms with Crippen LogP contribution in [-0.4, -0.2) is 13.3 Å². The molecule has 0 aliphatic rings. The second-order valence-corrected chi connectivity index (χ2v) is 11.8. The Kier molecular flexibility index (Phi) is 4.57. The van der Waals surface area contributed by atoms with Crippen molar-refractivity contribution >= 4 is 14.1 Å². The molecule has 0 atom stereocenters. The van der Waals surface area contributed by atoms with Crippen molar-refractivity contribution in [1.82, 2.24) is 4.98 Å². The zero-order chi connectivity index (χ0) is 16.4. The molecule has 3 heteroatoms. The lowest BCUT2D eigenvalue weighted by Crippen LogP contribution is -2.40. The Labute approximate surface area is 135 Å². The number of rotatable bonds is 4. The molecule has 0 spiro atoms. The summed E-state index contributed by atoms with van der Waals surface area (Å²) in [5.74, 6) is 0.756. The number of hydrogen-bond donors (Lipinski definition) is 0. The van der Waals surface area contributed by atoms with E-state index in [-0.39, 0.29) is 5.04 Å². The van der Waals surface area contributed by atoms with Crippen LogP contribution in [0.5, 0.6) is 0 Å². The van der Waals surface area contributed by atoms with Crippen LogP contribution in [0, 0.1) is 0 Å². The van der Waals surface area contributed by atoms with Gasteiger partial charge in [-0.2, -0.15) is 0 Å². The van der Waals surface area contributed by atoms with Gasteiger partial charge in [0.1, 0.15) is 5.76 Å². The largest absolute Gasteiger partial charge is 0.543 e. The molecule has 0 radical (unpaired) electrons. The highest BCUT2D eigenvalue weighted by Crippen LogP contribution is 2.40. The van der Waals surface area contributed by atoms with Gasteiger partial charge in [0.05, 0.1) is 0 Å². The fourth-order valence-electron chi connectivity index (χ4n) is 2.02. The maximum absolute atomic E-state index is 6.37. The van der Waals surface area contributed by atoms with Crippen molar-refractivity contribution in [3.05, 3.63) is 60.9 Å². The van der Waals surface area contributed by atoms with E-state index in [1.807, 2.05) is 24.4 Å². The third kappa shape index (κ3) is 3.47. The smallest absolute Gasteiger partial charge is 0.250 e. The molecule has 0 saturated heterocycles. The maximum Gasteiger partial charge on any atom is 0.250 e. The number of aromatic nitrogens is 1. The highest BCUT2D eigenvalue weighted by molar-refractivity contribution is 6.74. The highest BCUT2D eigenvalue weighted by Gasteiger charge is 2.39. The minimum Gasteiger partial charge on any atom is -0.543 e. The molecule has 0 amide bonds. The molecule has 116 valence electrons. The summed E-state index contributed by atoms with van der Waals surface area (Å²) in [7, 11) is -1.89. The van der Waals surface area contributed by atoms with E-state index in [9.17, 15) is 0 Å². The molecule has 0 bridgehead atoms. The summed E-state index contributed by atoms with van der Waals surface area (Å²) in [4.78, 5) is 4.21. The molecule has 1 aromatic heterocycles. The molecular weight excluding hydrogens is 286 g/mol. The lowest BCUT2D eigenvalue weighted by atomic mass is 10.0. The van der Waals surface area contributed by atoms with Gasteiger partial charge in [0.2, 0.25) is 8.32 Å². The van der Waals surface area contributed by atoms with Crippen molar-refractivity contribution in [3.8, 4) is 11.1 Å². The molecule has 0 saturated carbocycles. The summed E-state index contributed by atoms with van der Waals surface area (Å²) in [5.41, 5.74) is 3.23. The first-order valence-corrected chi connectivity index (χ1v) is 10.5. The van der Waals surface area contributed by atoms with Gasteiger partial charge in [0.25, 0.3) is 0 Å². The van der Waals surface area contributed by atoms with E-state index in [0.717, 1.165) is 22.4 Å². The first kappa shape index (κ1) is 16.5. The van der Waals surface area contributed by atoms with Gasteiger partial charge in [-0.25, -0.2) is 0 Å². The van der Waals surface area contributed by atoms with E-state index in [1.54, 1.807) is 6.20 Å². The lowest BCUT2D eigenvalue weighted by Gasteiger charge is -2.37. The predicted molar refractivity (Wildman–Crippen MR) is 97.0 cm³/mol. The highest BCUT2D eigenvalue weighted by atomic mass is 28.4. The molecule has 0 aliphatic heterocycles. The van der Waals surface area contributed by atoms with Crippen LogP contribution in [0.15, 0.2) is 55.4 Å². The van der Waals surface area contributed by atoms with Gasteiger partial charge >= 0.3 is 0 Å². The Morgan fingerprint density at radius 2 is 1.77 bits per heavy atom.